The van der Waals surface area contributed by atoms with Gasteiger partial charge in [-0.15, -0.1) is 0 Å². The van der Waals surface area contributed by atoms with Crippen LogP contribution in [-0.4, -0.2) is 20.9 Å². The van der Waals surface area contributed by atoms with Crippen molar-refractivity contribution in [3.8, 4) is 11.3 Å². The molecule has 0 unspecified atom stereocenters. The minimum Gasteiger partial charge on any atom is -0.296 e. The molecule has 0 bridgehead atoms. The largest absolute Gasteiger partial charge is 0.296 e. The SMILES string of the molecule is O=Cc1c(-c2ccc(Cl)cc2)nc2sc(CCC3CCCCC3)nn12. The van der Waals surface area contributed by atoms with Crippen LogP contribution in [0.2, 0.25) is 5.02 Å². The first-order valence-electron chi connectivity index (χ1n) is 8.84. The molecule has 1 aliphatic carbocycles. The van der Waals surface area contributed by atoms with E-state index in [1.165, 1.54) is 38.5 Å². The second-order valence-corrected chi connectivity index (χ2v) is 8.18. The number of carbonyl (C=O) groups excluding carboxylic acids is 1. The highest BCUT2D eigenvalue weighted by atomic mass is 35.5. The van der Waals surface area contributed by atoms with Crippen molar-refractivity contribution in [3.63, 3.8) is 0 Å². The van der Waals surface area contributed by atoms with E-state index in [0.29, 0.717) is 16.4 Å². The van der Waals surface area contributed by atoms with E-state index in [4.69, 9.17) is 11.6 Å². The number of fused-ring (bicyclic) bond motifs is 1. The highest BCUT2D eigenvalue weighted by Crippen LogP contribution is 2.30. The van der Waals surface area contributed by atoms with E-state index in [-0.39, 0.29) is 0 Å². The maximum absolute atomic E-state index is 11.6. The first kappa shape index (κ1) is 16.7. The molecule has 0 saturated heterocycles. The molecule has 25 heavy (non-hydrogen) atoms. The standard InChI is InChI=1S/C19H20ClN3OS/c20-15-9-7-14(8-10-15)18-16(12-24)23-19(21-18)25-17(22-23)11-6-13-4-2-1-3-5-13/h7-10,12-13H,1-6,11H2. The molecular formula is C19H20ClN3OS. The van der Waals surface area contributed by atoms with E-state index >= 15 is 0 Å². The molecule has 1 saturated carbocycles. The summed E-state index contributed by atoms with van der Waals surface area (Å²) in [6.45, 7) is 0. The molecule has 0 N–H and O–H groups in total. The van der Waals surface area contributed by atoms with Crippen molar-refractivity contribution in [1.82, 2.24) is 14.6 Å². The van der Waals surface area contributed by atoms with Crippen molar-refractivity contribution in [1.29, 1.82) is 0 Å². The van der Waals surface area contributed by atoms with E-state index in [0.717, 1.165) is 34.2 Å². The number of imidazole rings is 1. The number of halogens is 1. The predicted octanol–water partition coefficient (Wildman–Crippen LogP) is 5.44. The first-order chi connectivity index (χ1) is 12.2. The van der Waals surface area contributed by atoms with Gasteiger partial charge in [-0.05, 0) is 24.5 Å². The number of aldehydes is 1. The molecule has 2 heterocycles. The summed E-state index contributed by atoms with van der Waals surface area (Å²) in [5, 5.41) is 6.38. The Labute approximate surface area is 155 Å². The second kappa shape index (κ2) is 7.26. The fourth-order valence-corrected chi connectivity index (χ4v) is 4.68. The van der Waals surface area contributed by atoms with Gasteiger partial charge in [0, 0.05) is 17.0 Å². The number of aromatic nitrogens is 3. The molecule has 4 rings (SSSR count). The Kier molecular flexibility index (Phi) is 4.86. The van der Waals surface area contributed by atoms with E-state index in [2.05, 4.69) is 10.1 Å². The first-order valence-corrected chi connectivity index (χ1v) is 10.0. The Morgan fingerprint density at radius 2 is 1.96 bits per heavy atom. The highest BCUT2D eigenvalue weighted by molar-refractivity contribution is 7.16. The highest BCUT2D eigenvalue weighted by Gasteiger charge is 2.19. The molecule has 0 aliphatic heterocycles. The minimum atomic E-state index is 0.512. The van der Waals surface area contributed by atoms with Crippen LogP contribution in [0, 0.1) is 5.92 Å². The fourth-order valence-electron chi connectivity index (χ4n) is 3.63. The molecule has 1 aromatic carbocycles. The van der Waals surface area contributed by atoms with Crippen LogP contribution >= 0.6 is 22.9 Å². The third kappa shape index (κ3) is 3.48. The van der Waals surface area contributed by atoms with Crippen molar-refractivity contribution in [2.24, 2.45) is 5.92 Å². The summed E-state index contributed by atoms with van der Waals surface area (Å²) in [5.74, 6) is 0.833. The Balaban J connectivity index is 1.57. The van der Waals surface area contributed by atoms with Crippen LogP contribution in [0.1, 0.15) is 54.0 Å². The summed E-state index contributed by atoms with van der Waals surface area (Å²) < 4.78 is 1.69. The van der Waals surface area contributed by atoms with Gasteiger partial charge in [-0.3, -0.25) is 4.79 Å². The monoisotopic (exact) mass is 373 g/mol. The molecule has 3 aromatic rings. The van der Waals surface area contributed by atoms with Crippen molar-refractivity contribution in [3.05, 3.63) is 40.0 Å². The number of benzene rings is 1. The lowest BCUT2D eigenvalue weighted by atomic mass is 9.86. The molecule has 0 spiro atoms. The van der Waals surface area contributed by atoms with E-state index in [1.807, 2.05) is 24.3 Å². The zero-order valence-corrected chi connectivity index (χ0v) is 15.5. The van der Waals surface area contributed by atoms with Gasteiger partial charge in [-0.1, -0.05) is 67.2 Å². The van der Waals surface area contributed by atoms with Crippen LogP contribution in [0.3, 0.4) is 0 Å². The smallest absolute Gasteiger partial charge is 0.213 e. The van der Waals surface area contributed by atoms with Crippen LogP contribution in [0.4, 0.5) is 0 Å². The maximum atomic E-state index is 11.6. The summed E-state index contributed by atoms with van der Waals surface area (Å²) in [6.07, 6.45) is 9.83. The molecule has 0 radical (unpaired) electrons. The van der Waals surface area contributed by atoms with Crippen molar-refractivity contribution in [2.75, 3.05) is 0 Å². The molecule has 0 atom stereocenters. The molecule has 1 fully saturated rings. The average molecular weight is 374 g/mol. The number of aryl methyl sites for hydroxylation is 1. The maximum Gasteiger partial charge on any atom is 0.213 e. The van der Waals surface area contributed by atoms with Crippen LogP contribution < -0.4 is 0 Å². The lowest BCUT2D eigenvalue weighted by molar-refractivity contribution is 0.111. The average Bonchev–Trinajstić information content (AvgIpc) is 3.18. The molecule has 6 heteroatoms. The van der Waals surface area contributed by atoms with Gasteiger partial charge < -0.3 is 0 Å². The molecule has 130 valence electrons. The van der Waals surface area contributed by atoms with Gasteiger partial charge in [0.25, 0.3) is 0 Å². The summed E-state index contributed by atoms with van der Waals surface area (Å²) in [4.78, 5) is 17.1. The third-order valence-corrected chi connectivity index (χ3v) is 6.22. The normalized spacial score (nSPS) is 15.7. The number of carbonyl (C=O) groups is 1. The van der Waals surface area contributed by atoms with Crippen LogP contribution in [-0.2, 0) is 6.42 Å². The number of nitrogens with zero attached hydrogens (tertiary/aromatic N) is 3. The van der Waals surface area contributed by atoms with Gasteiger partial charge in [-0.25, -0.2) is 4.98 Å². The quantitative estimate of drug-likeness (QED) is 0.559. The van der Waals surface area contributed by atoms with E-state index < -0.39 is 0 Å². The Bertz CT molecular complexity index is 878. The summed E-state index contributed by atoms with van der Waals surface area (Å²) in [5.41, 5.74) is 2.06. The molecule has 1 aliphatic rings. The summed E-state index contributed by atoms with van der Waals surface area (Å²) in [6, 6.07) is 7.38. The van der Waals surface area contributed by atoms with Gasteiger partial charge >= 0.3 is 0 Å². The summed E-state index contributed by atoms with van der Waals surface area (Å²) in [7, 11) is 0. The zero-order valence-electron chi connectivity index (χ0n) is 13.9. The Morgan fingerprint density at radius 3 is 2.68 bits per heavy atom. The van der Waals surface area contributed by atoms with Crippen LogP contribution in [0.15, 0.2) is 24.3 Å². The van der Waals surface area contributed by atoms with Gasteiger partial charge in [0.05, 0.1) is 0 Å². The minimum absolute atomic E-state index is 0.512. The Hall–Kier alpha value is -1.72. The topological polar surface area (TPSA) is 47.3 Å². The van der Waals surface area contributed by atoms with Gasteiger partial charge in [-0.2, -0.15) is 9.61 Å². The van der Waals surface area contributed by atoms with Crippen LogP contribution in [0.25, 0.3) is 16.2 Å². The lowest BCUT2D eigenvalue weighted by Gasteiger charge is -2.20. The van der Waals surface area contributed by atoms with Crippen molar-refractivity contribution >= 4 is 34.2 Å². The number of hydrogen-bond acceptors (Lipinski definition) is 4. The third-order valence-electron chi connectivity index (χ3n) is 5.00. The van der Waals surface area contributed by atoms with Crippen molar-refractivity contribution in [2.45, 2.75) is 44.9 Å². The molecule has 4 nitrogen and oxygen atoms in total. The van der Waals surface area contributed by atoms with Crippen LogP contribution in [0.5, 0.6) is 0 Å². The van der Waals surface area contributed by atoms with E-state index in [1.54, 1.807) is 15.9 Å². The Morgan fingerprint density at radius 1 is 1.20 bits per heavy atom. The molecule has 2 aromatic heterocycles. The van der Waals surface area contributed by atoms with E-state index in [9.17, 15) is 4.79 Å². The molecule has 0 amide bonds. The zero-order chi connectivity index (χ0) is 17.2. The fraction of sp³-hybridized carbons (Fsp3) is 0.421. The van der Waals surface area contributed by atoms with Gasteiger partial charge in [0.15, 0.2) is 6.29 Å². The predicted molar refractivity (Wildman–Crippen MR) is 102 cm³/mol. The summed E-state index contributed by atoms with van der Waals surface area (Å²) >= 11 is 7.53. The number of rotatable bonds is 5. The number of hydrogen-bond donors (Lipinski definition) is 0. The molecular weight excluding hydrogens is 354 g/mol. The van der Waals surface area contributed by atoms with Crippen molar-refractivity contribution < 1.29 is 4.79 Å². The van der Waals surface area contributed by atoms with Gasteiger partial charge in [0.2, 0.25) is 4.96 Å². The van der Waals surface area contributed by atoms with Gasteiger partial charge in [0.1, 0.15) is 16.4 Å². The second-order valence-electron chi connectivity index (χ2n) is 6.70. The lowest BCUT2D eigenvalue weighted by Crippen LogP contribution is -2.07.